The van der Waals surface area contributed by atoms with Crippen molar-refractivity contribution >= 4 is 5.97 Å². The van der Waals surface area contributed by atoms with Gasteiger partial charge in [-0.2, -0.15) is 0 Å². The second kappa shape index (κ2) is 4.74. The Hall–Kier alpha value is -0.570. The first-order valence-corrected chi connectivity index (χ1v) is 6.50. The fraction of sp³-hybridized carbons (Fsp3) is 0.923. The Morgan fingerprint density at radius 1 is 1.50 bits per heavy atom. The van der Waals surface area contributed by atoms with Gasteiger partial charge in [0.05, 0.1) is 12.0 Å². The van der Waals surface area contributed by atoms with Crippen LogP contribution in [0.2, 0.25) is 0 Å². The largest absolute Gasteiger partial charge is 0.481 e. The Balaban J connectivity index is 2.16. The fourth-order valence-electron chi connectivity index (χ4n) is 3.48. The van der Waals surface area contributed by atoms with Crippen LogP contribution in [0.5, 0.6) is 0 Å². The summed E-state index contributed by atoms with van der Waals surface area (Å²) in [5.74, 6) is 0.269. The van der Waals surface area contributed by atoms with Crippen LogP contribution < -0.4 is 0 Å². The normalized spacial score (nSPS) is 39.8. The zero-order valence-electron chi connectivity index (χ0n) is 10.1. The SMILES string of the molecule is CCC1CCCC(C(=O)O)(C2CCOC2)C1. The van der Waals surface area contributed by atoms with Gasteiger partial charge in [-0.15, -0.1) is 0 Å². The fourth-order valence-corrected chi connectivity index (χ4v) is 3.48. The van der Waals surface area contributed by atoms with Crippen LogP contribution in [-0.4, -0.2) is 24.3 Å². The van der Waals surface area contributed by atoms with Gasteiger partial charge in [-0.1, -0.05) is 26.2 Å². The average molecular weight is 226 g/mol. The van der Waals surface area contributed by atoms with Gasteiger partial charge in [-0.25, -0.2) is 0 Å². The minimum atomic E-state index is -0.582. The van der Waals surface area contributed by atoms with Crippen molar-refractivity contribution in [2.45, 2.75) is 45.4 Å². The molecule has 3 atom stereocenters. The molecule has 2 fully saturated rings. The van der Waals surface area contributed by atoms with E-state index < -0.39 is 11.4 Å². The summed E-state index contributed by atoms with van der Waals surface area (Å²) in [6, 6.07) is 0. The van der Waals surface area contributed by atoms with E-state index in [9.17, 15) is 9.90 Å². The van der Waals surface area contributed by atoms with E-state index in [-0.39, 0.29) is 5.92 Å². The van der Waals surface area contributed by atoms with Crippen LogP contribution in [0.3, 0.4) is 0 Å². The summed E-state index contributed by atoms with van der Waals surface area (Å²) in [5.41, 5.74) is -0.477. The van der Waals surface area contributed by atoms with E-state index in [1.807, 2.05) is 0 Å². The van der Waals surface area contributed by atoms with Crippen LogP contribution in [-0.2, 0) is 9.53 Å². The molecule has 2 aliphatic rings. The molecule has 0 radical (unpaired) electrons. The van der Waals surface area contributed by atoms with Crippen LogP contribution in [0, 0.1) is 17.3 Å². The molecular weight excluding hydrogens is 204 g/mol. The third-order valence-electron chi connectivity index (χ3n) is 4.60. The van der Waals surface area contributed by atoms with Gasteiger partial charge in [0.2, 0.25) is 0 Å². The van der Waals surface area contributed by atoms with E-state index in [2.05, 4.69) is 6.92 Å². The summed E-state index contributed by atoms with van der Waals surface area (Å²) in [4.78, 5) is 11.7. The lowest BCUT2D eigenvalue weighted by atomic mass is 9.62. The molecule has 0 aromatic heterocycles. The molecule has 2 rings (SSSR count). The Morgan fingerprint density at radius 3 is 2.88 bits per heavy atom. The van der Waals surface area contributed by atoms with Gasteiger partial charge < -0.3 is 9.84 Å². The number of carbonyl (C=O) groups is 1. The van der Waals surface area contributed by atoms with Crippen molar-refractivity contribution in [3.8, 4) is 0 Å². The van der Waals surface area contributed by atoms with Gasteiger partial charge in [0.15, 0.2) is 0 Å². The molecule has 92 valence electrons. The Kier molecular flexibility index (Phi) is 3.53. The summed E-state index contributed by atoms with van der Waals surface area (Å²) in [7, 11) is 0. The van der Waals surface area contributed by atoms with Crippen molar-refractivity contribution in [1.29, 1.82) is 0 Å². The lowest BCUT2D eigenvalue weighted by Gasteiger charge is -2.41. The number of carboxylic acid groups (broad SMARTS) is 1. The van der Waals surface area contributed by atoms with Crippen molar-refractivity contribution in [3.63, 3.8) is 0 Å². The predicted octanol–water partition coefficient (Wildman–Crippen LogP) is 2.69. The predicted molar refractivity (Wildman–Crippen MR) is 61.2 cm³/mol. The maximum absolute atomic E-state index is 11.7. The third kappa shape index (κ3) is 1.97. The molecule has 0 bridgehead atoms. The summed E-state index contributed by atoms with van der Waals surface area (Å²) in [6.45, 7) is 3.58. The molecule has 3 nitrogen and oxygen atoms in total. The Bertz CT molecular complexity index is 258. The number of carboxylic acids is 1. The molecule has 0 aromatic carbocycles. The third-order valence-corrected chi connectivity index (χ3v) is 4.60. The van der Waals surface area contributed by atoms with E-state index in [0.29, 0.717) is 12.5 Å². The monoisotopic (exact) mass is 226 g/mol. The highest BCUT2D eigenvalue weighted by Crippen LogP contribution is 2.48. The summed E-state index contributed by atoms with van der Waals surface area (Å²) >= 11 is 0. The standard InChI is InChI=1S/C13H22O3/c1-2-10-4-3-6-13(8-10,12(14)15)11-5-7-16-9-11/h10-11H,2-9H2,1H3,(H,14,15). The molecule has 1 N–H and O–H groups in total. The maximum atomic E-state index is 11.7. The minimum absolute atomic E-state index is 0.249. The van der Waals surface area contributed by atoms with E-state index in [0.717, 1.165) is 38.7 Å². The molecule has 16 heavy (non-hydrogen) atoms. The quantitative estimate of drug-likeness (QED) is 0.804. The molecule has 3 heteroatoms. The van der Waals surface area contributed by atoms with Crippen molar-refractivity contribution < 1.29 is 14.6 Å². The van der Waals surface area contributed by atoms with Crippen molar-refractivity contribution in [1.82, 2.24) is 0 Å². The van der Waals surface area contributed by atoms with Crippen LogP contribution >= 0.6 is 0 Å². The van der Waals surface area contributed by atoms with Gasteiger partial charge >= 0.3 is 5.97 Å². The molecule has 1 aliphatic heterocycles. The number of hydrogen-bond acceptors (Lipinski definition) is 2. The zero-order valence-corrected chi connectivity index (χ0v) is 10.1. The van der Waals surface area contributed by atoms with Gasteiger partial charge in [0, 0.05) is 12.5 Å². The first kappa shape index (κ1) is 11.9. The maximum Gasteiger partial charge on any atom is 0.310 e. The summed E-state index contributed by atoms with van der Waals surface area (Å²) in [5, 5.41) is 9.61. The van der Waals surface area contributed by atoms with Crippen LogP contribution in [0.15, 0.2) is 0 Å². The van der Waals surface area contributed by atoms with Crippen molar-refractivity contribution in [2.75, 3.05) is 13.2 Å². The number of hydrogen-bond donors (Lipinski definition) is 1. The van der Waals surface area contributed by atoms with E-state index in [1.54, 1.807) is 0 Å². The van der Waals surface area contributed by atoms with Gasteiger partial charge in [0.1, 0.15) is 0 Å². The molecule has 0 spiro atoms. The molecule has 1 saturated heterocycles. The highest BCUT2D eigenvalue weighted by molar-refractivity contribution is 5.75. The molecule has 1 saturated carbocycles. The average Bonchev–Trinajstić information content (AvgIpc) is 2.82. The van der Waals surface area contributed by atoms with Crippen molar-refractivity contribution in [3.05, 3.63) is 0 Å². The smallest absolute Gasteiger partial charge is 0.310 e. The van der Waals surface area contributed by atoms with Gasteiger partial charge in [-0.05, 0) is 25.2 Å². The van der Waals surface area contributed by atoms with E-state index >= 15 is 0 Å². The van der Waals surface area contributed by atoms with Crippen LogP contribution in [0.25, 0.3) is 0 Å². The lowest BCUT2D eigenvalue weighted by molar-refractivity contribution is -0.157. The number of aliphatic carboxylic acids is 1. The van der Waals surface area contributed by atoms with Crippen molar-refractivity contribution in [2.24, 2.45) is 17.3 Å². The molecule has 0 aromatic rings. The number of ether oxygens (including phenoxy) is 1. The molecule has 1 heterocycles. The first-order valence-electron chi connectivity index (χ1n) is 6.50. The second-order valence-corrected chi connectivity index (χ2v) is 5.39. The molecule has 3 unspecified atom stereocenters. The second-order valence-electron chi connectivity index (χ2n) is 5.39. The van der Waals surface area contributed by atoms with E-state index in [1.165, 1.54) is 6.42 Å². The van der Waals surface area contributed by atoms with Crippen LogP contribution in [0.4, 0.5) is 0 Å². The topological polar surface area (TPSA) is 46.5 Å². The Labute approximate surface area is 97.2 Å². The lowest BCUT2D eigenvalue weighted by Crippen LogP contribution is -2.43. The number of rotatable bonds is 3. The first-order chi connectivity index (χ1) is 7.69. The van der Waals surface area contributed by atoms with Gasteiger partial charge in [-0.3, -0.25) is 4.79 Å². The highest BCUT2D eigenvalue weighted by Gasteiger charge is 2.49. The minimum Gasteiger partial charge on any atom is -0.481 e. The summed E-state index contributed by atoms with van der Waals surface area (Å²) in [6.07, 6.45) is 6.05. The molecular formula is C13H22O3. The zero-order chi connectivity index (χ0) is 11.6. The highest BCUT2D eigenvalue weighted by atomic mass is 16.5. The van der Waals surface area contributed by atoms with E-state index in [4.69, 9.17) is 4.74 Å². The molecule has 1 aliphatic carbocycles. The summed E-state index contributed by atoms with van der Waals surface area (Å²) < 4.78 is 5.39. The molecule has 0 amide bonds. The van der Waals surface area contributed by atoms with Gasteiger partial charge in [0.25, 0.3) is 0 Å². The van der Waals surface area contributed by atoms with Crippen LogP contribution in [0.1, 0.15) is 45.4 Å². The Morgan fingerprint density at radius 2 is 2.31 bits per heavy atom.